The summed E-state index contributed by atoms with van der Waals surface area (Å²) in [5, 5.41) is 0. The Balaban J connectivity index is 2.47. The van der Waals surface area contributed by atoms with Gasteiger partial charge in [0.15, 0.2) is 5.78 Å². The Morgan fingerprint density at radius 2 is 2.26 bits per heavy atom. The molecule has 1 atom stereocenters. The topological polar surface area (TPSA) is 33.2 Å². The molecule has 5 heteroatoms. The normalized spacial score (nSPS) is 12.7. The Morgan fingerprint density at radius 3 is 2.79 bits per heavy atom. The van der Waals surface area contributed by atoms with Crippen LogP contribution in [0.4, 0.5) is 4.39 Å². The van der Waals surface area contributed by atoms with Gasteiger partial charge in [-0.3, -0.25) is 9.78 Å². The second-order valence-electron chi connectivity index (χ2n) is 4.53. The number of ketones is 1. The van der Waals surface area contributed by atoms with Crippen LogP contribution in [0.15, 0.2) is 18.3 Å². The van der Waals surface area contributed by atoms with E-state index in [1.54, 1.807) is 0 Å². The van der Waals surface area contributed by atoms with Crippen LogP contribution in [-0.4, -0.2) is 47.3 Å². The lowest BCUT2D eigenvalue weighted by molar-refractivity contribution is 0.0957. The van der Waals surface area contributed by atoms with Gasteiger partial charge in [-0.1, -0.05) is 6.92 Å². The number of pyridine rings is 1. The summed E-state index contributed by atoms with van der Waals surface area (Å²) in [7, 11) is 2.04. The molecule has 0 saturated heterocycles. The van der Waals surface area contributed by atoms with Crippen molar-refractivity contribution in [1.29, 1.82) is 0 Å². The highest BCUT2D eigenvalue weighted by Crippen LogP contribution is 2.10. The number of halogens is 1. The number of hydrogen-bond acceptors (Lipinski definition) is 4. The number of thioether (sulfide) groups is 1. The van der Waals surface area contributed by atoms with Crippen LogP contribution < -0.4 is 0 Å². The van der Waals surface area contributed by atoms with E-state index in [1.807, 2.05) is 18.8 Å². The van der Waals surface area contributed by atoms with Gasteiger partial charge in [-0.2, -0.15) is 11.8 Å². The molecule has 0 amide bonds. The number of nitrogens with zero attached hydrogens (tertiary/aromatic N) is 2. The molecule has 1 aromatic rings. The summed E-state index contributed by atoms with van der Waals surface area (Å²) in [6, 6.07) is 3.20. The van der Waals surface area contributed by atoms with Crippen LogP contribution in [0, 0.1) is 5.82 Å². The van der Waals surface area contributed by atoms with Gasteiger partial charge in [-0.05, 0) is 31.9 Å². The number of aromatic nitrogens is 1. The average molecular weight is 284 g/mol. The quantitative estimate of drug-likeness (QED) is 0.687. The lowest BCUT2D eigenvalue weighted by Crippen LogP contribution is -2.34. The van der Waals surface area contributed by atoms with Crippen LogP contribution in [0.25, 0.3) is 0 Å². The molecule has 1 unspecified atom stereocenters. The zero-order chi connectivity index (χ0) is 14.3. The molecule has 0 spiro atoms. The fraction of sp³-hybridized carbons (Fsp3) is 0.571. The van der Waals surface area contributed by atoms with E-state index in [4.69, 9.17) is 0 Å². The number of hydrogen-bond donors (Lipinski definition) is 0. The Kier molecular flexibility index (Phi) is 7.02. The number of Topliss-reactive ketones (excluding diaryl/α,β-unsaturated/α-hetero) is 1. The van der Waals surface area contributed by atoms with Gasteiger partial charge in [0.25, 0.3) is 0 Å². The summed E-state index contributed by atoms with van der Waals surface area (Å²) in [6.45, 7) is 2.86. The molecule has 3 nitrogen and oxygen atoms in total. The van der Waals surface area contributed by atoms with Crippen molar-refractivity contribution in [1.82, 2.24) is 9.88 Å². The van der Waals surface area contributed by atoms with Crippen LogP contribution in [0.3, 0.4) is 0 Å². The zero-order valence-corrected chi connectivity index (χ0v) is 12.5. The third-order valence-electron chi connectivity index (χ3n) is 3.16. The van der Waals surface area contributed by atoms with Crippen molar-refractivity contribution in [2.24, 2.45) is 0 Å². The molecule has 19 heavy (non-hydrogen) atoms. The highest BCUT2D eigenvalue weighted by atomic mass is 32.2. The van der Waals surface area contributed by atoms with E-state index < -0.39 is 5.82 Å². The molecule has 0 N–H and O–H groups in total. The molecule has 0 aliphatic rings. The lowest BCUT2D eigenvalue weighted by Gasteiger charge is -2.26. The molecule has 0 aliphatic carbocycles. The Labute approximate surface area is 118 Å². The SMILES string of the molecule is CCC(CSC)N(C)CCC(=O)c1ccc(F)cn1. The molecular weight excluding hydrogens is 263 g/mol. The number of carbonyl (C=O) groups excluding carboxylic acids is 1. The van der Waals surface area contributed by atoms with Crippen LogP contribution >= 0.6 is 11.8 Å². The fourth-order valence-electron chi connectivity index (χ4n) is 1.88. The lowest BCUT2D eigenvalue weighted by atomic mass is 10.1. The summed E-state index contributed by atoms with van der Waals surface area (Å²) >= 11 is 1.81. The van der Waals surface area contributed by atoms with Gasteiger partial charge in [0.1, 0.15) is 11.5 Å². The molecule has 0 radical (unpaired) electrons. The molecule has 1 aromatic heterocycles. The van der Waals surface area contributed by atoms with E-state index in [1.165, 1.54) is 12.1 Å². The summed E-state index contributed by atoms with van der Waals surface area (Å²) in [5.41, 5.74) is 0.340. The molecule has 0 bridgehead atoms. The predicted octanol–water partition coefficient (Wildman–Crippen LogP) is 2.87. The first-order chi connectivity index (χ1) is 9.08. The standard InChI is InChI=1S/C14H21FN2OS/c1-4-12(10-19-3)17(2)8-7-14(18)13-6-5-11(15)9-16-13/h5-6,9,12H,4,7-8,10H2,1-3H3. The maximum absolute atomic E-state index is 12.7. The van der Waals surface area contributed by atoms with Crippen molar-refractivity contribution in [2.75, 3.05) is 25.6 Å². The highest BCUT2D eigenvalue weighted by Gasteiger charge is 2.14. The number of carbonyl (C=O) groups is 1. The molecule has 1 rings (SSSR count). The van der Waals surface area contributed by atoms with E-state index >= 15 is 0 Å². The third-order valence-corrected chi connectivity index (χ3v) is 3.88. The van der Waals surface area contributed by atoms with Gasteiger partial charge in [-0.15, -0.1) is 0 Å². The first-order valence-electron chi connectivity index (χ1n) is 6.42. The largest absolute Gasteiger partial charge is 0.302 e. The fourth-order valence-corrected chi connectivity index (χ4v) is 2.75. The van der Waals surface area contributed by atoms with E-state index in [0.717, 1.165) is 18.4 Å². The van der Waals surface area contributed by atoms with Crippen molar-refractivity contribution < 1.29 is 9.18 Å². The average Bonchev–Trinajstić information content (AvgIpc) is 2.42. The minimum atomic E-state index is -0.417. The first-order valence-corrected chi connectivity index (χ1v) is 7.81. The zero-order valence-electron chi connectivity index (χ0n) is 11.7. The van der Waals surface area contributed by atoms with Crippen molar-refractivity contribution in [3.05, 3.63) is 29.8 Å². The summed E-state index contributed by atoms with van der Waals surface area (Å²) < 4.78 is 12.7. The first kappa shape index (κ1) is 16.1. The van der Waals surface area contributed by atoms with E-state index in [2.05, 4.69) is 23.1 Å². The van der Waals surface area contributed by atoms with Crippen LogP contribution in [0.5, 0.6) is 0 Å². The van der Waals surface area contributed by atoms with Gasteiger partial charge < -0.3 is 4.90 Å². The van der Waals surface area contributed by atoms with Crippen molar-refractivity contribution >= 4 is 17.5 Å². The molecular formula is C14H21FN2OS. The van der Waals surface area contributed by atoms with Crippen LogP contribution in [-0.2, 0) is 0 Å². The minimum Gasteiger partial charge on any atom is -0.302 e. The van der Waals surface area contributed by atoms with Crippen molar-refractivity contribution in [3.8, 4) is 0 Å². The Bertz CT molecular complexity index is 397. The minimum absolute atomic E-state index is 0.0362. The van der Waals surface area contributed by atoms with E-state index in [0.29, 0.717) is 24.7 Å². The van der Waals surface area contributed by atoms with Crippen molar-refractivity contribution in [3.63, 3.8) is 0 Å². The molecule has 0 saturated carbocycles. The van der Waals surface area contributed by atoms with Crippen LogP contribution in [0.1, 0.15) is 30.3 Å². The van der Waals surface area contributed by atoms with Gasteiger partial charge in [0.05, 0.1) is 6.20 Å². The summed E-state index contributed by atoms with van der Waals surface area (Å²) in [5.74, 6) is 0.612. The molecule has 0 aliphatic heterocycles. The Morgan fingerprint density at radius 1 is 1.53 bits per heavy atom. The second kappa shape index (κ2) is 8.27. The predicted molar refractivity (Wildman–Crippen MR) is 78.2 cm³/mol. The van der Waals surface area contributed by atoms with E-state index in [9.17, 15) is 9.18 Å². The molecule has 0 fully saturated rings. The van der Waals surface area contributed by atoms with Gasteiger partial charge in [0.2, 0.25) is 0 Å². The molecule has 0 aromatic carbocycles. The van der Waals surface area contributed by atoms with Gasteiger partial charge in [-0.25, -0.2) is 4.39 Å². The monoisotopic (exact) mass is 284 g/mol. The smallest absolute Gasteiger partial charge is 0.182 e. The third kappa shape index (κ3) is 5.28. The molecule has 106 valence electrons. The van der Waals surface area contributed by atoms with Gasteiger partial charge in [0, 0.05) is 24.8 Å². The molecule has 1 heterocycles. The van der Waals surface area contributed by atoms with Crippen molar-refractivity contribution in [2.45, 2.75) is 25.8 Å². The number of rotatable bonds is 8. The summed E-state index contributed by atoms with van der Waals surface area (Å²) in [6.07, 6.45) is 4.66. The van der Waals surface area contributed by atoms with Crippen LogP contribution in [0.2, 0.25) is 0 Å². The van der Waals surface area contributed by atoms with E-state index in [-0.39, 0.29) is 5.78 Å². The maximum Gasteiger partial charge on any atom is 0.182 e. The summed E-state index contributed by atoms with van der Waals surface area (Å²) in [4.78, 5) is 17.9. The maximum atomic E-state index is 12.7. The second-order valence-corrected chi connectivity index (χ2v) is 5.44. The Hall–Kier alpha value is -0.940. The van der Waals surface area contributed by atoms with Gasteiger partial charge >= 0.3 is 0 Å². The highest BCUT2D eigenvalue weighted by molar-refractivity contribution is 7.98.